The molecule has 0 radical (unpaired) electrons. The van der Waals surface area contributed by atoms with E-state index in [2.05, 4.69) is 163 Å². The Labute approximate surface area is 302 Å². The average Bonchev–Trinajstić information content (AvgIpc) is 3.61. The lowest BCUT2D eigenvalue weighted by atomic mass is 9.92. The standard InChI is InChI=1S/C46H50N4O/c1-28(2)17-20-42-46(45-31(7)13-12-14-32(45)8)33(9)48-50(42)36-23-35(30(5)6)24-38(26-36)51-37-18-19-40-39-15-10-11-16-41(39)49(43(40)27-37)44-25-34(29(3)4)21-22-47-44/h10-16,18-19,21-30H,17,20H2,1-9H3. The molecule has 0 amide bonds. The number of rotatable bonds is 10. The second kappa shape index (κ2) is 13.9. The number of para-hydroxylation sites is 1. The van der Waals surface area contributed by atoms with Gasteiger partial charge in [0.1, 0.15) is 17.3 Å². The van der Waals surface area contributed by atoms with Crippen molar-refractivity contribution in [2.75, 3.05) is 0 Å². The molecule has 7 rings (SSSR count). The molecule has 0 bridgehead atoms. The Morgan fingerprint density at radius 3 is 2.10 bits per heavy atom. The third-order valence-electron chi connectivity index (χ3n) is 10.2. The Hall–Kier alpha value is -5.16. The van der Waals surface area contributed by atoms with E-state index in [1.165, 1.54) is 49.8 Å². The normalized spacial score (nSPS) is 11.9. The molecule has 4 aromatic carbocycles. The van der Waals surface area contributed by atoms with E-state index in [0.29, 0.717) is 17.8 Å². The van der Waals surface area contributed by atoms with Gasteiger partial charge < -0.3 is 4.74 Å². The molecule has 51 heavy (non-hydrogen) atoms. The molecule has 3 aromatic heterocycles. The number of nitrogens with zero attached hydrogens (tertiary/aromatic N) is 4. The Morgan fingerprint density at radius 1 is 0.647 bits per heavy atom. The molecular formula is C46H50N4O. The maximum absolute atomic E-state index is 6.81. The van der Waals surface area contributed by atoms with Crippen LogP contribution in [0.2, 0.25) is 0 Å². The summed E-state index contributed by atoms with van der Waals surface area (Å²) in [5.41, 5.74) is 13.1. The van der Waals surface area contributed by atoms with E-state index < -0.39 is 0 Å². The number of benzene rings is 4. The number of hydrogen-bond donors (Lipinski definition) is 0. The van der Waals surface area contributed by atoms with Crippen molar-refractivity contribution >= 4 is 21.8 Å². The van der Waals surface area contributed by atoms with Crippen LogP contribution in [0.3, 0.4) is 0 Å². The van der Waals surface area contributed by atoms with Crippen molar-refractivity contribution < 1.29 is 4.74 Å². The average molecular weight is 675 g/mol. The first-order valence-corrected chi connectivity index (χ1v) is 18.5. The van der Waals surface area contributed by atoms with Crippen LogP contribution >= 0.6 is 0 Å². The van der Waals surface area contributed by atoms with Crippen molar-refractivity contribution in [1.29, 1.82) is 0 Å². The third-order valence-corrected chi connectivity index (χ3v) is 10.2. The van der Waals surface area contributed by atoms with E-state index in [1.54, 1.807) is 0 Å². The van der Waals surface area contributed by atoms with Crippen LogP contribution < -0.4 is 4.74 Å². The summed E-state index contributed by atoms with van der Waals surface area (Å²) in [6.07, 6.45) is 3.94. The van der Waals surface area contributed by atoms with E-state index in [1.807, 2.05) is 6.20 Å². The van der Waals surface area contributed by atoms with E-state index in [-0.39, 0.29) is 0 Å². The van der Waals surface area contributed by atoms with Crippen LogP contribution in [0.15, 0.2) is 97.2 Å². The van der Waals surface area contributed by atoms with Gasteiger partial charge in [-0.2, -0.15) is 5.10 Å². The molecule has 7 aromatic rings. The first-order valence-electron chi connectivity index (χ1n) is 18.5. The first kappa shape index (κ1) is 34.3. The number of aromatic nitrogens is 4. The molecular weight excluding hydrogens is 625 g/mol. The van der Waals surface area contributed by atoms with E-state index >= 15 is 0 Å². The predicted molar refractivity (Wildman–Crippen MR) is 213 cm³/mol. The Bertz CT molecular complexity index is 2350. The number of pyridine rings is 1. The minimum Gasteiger partial charge on any atom is -0.457 e. The highest BCUT2D eigenvalue weighted by atomic mass is 16.5. The van der Waals surface area contributed by atoms with Crippen LogP contribution in [-0.2, 0) is 6.42 Å². The Balaban J connectivity index is 1.36. The molecule has 0 aliphatic heterocycles. The van der Waals surface area contributed by atoms with Crippen LogP contribution in [0, 0.1) is 26.7 Å². The summed E-state index contributed by atoms with van der Waals surface area (Å²) in [6, 6.07) is 32.5. The second-order valence-corrected chi connectivity index (χ2v) is 15.2. The summed E-state index contributed by atoms with van der Waals surface area (Å²) in [5, 5.41) is 7.62. The van der Waals surface area contributed by atoms with Crippen molar-refractivity contribution in [3.8, 4) is 34.1 Å². The van der Waals surface area contributed by atoms with Gasteiger partial charge in [-0.3, -0.25) is 4.57 Å². The zero-order valence-corrected chi connectivity index (χ0v) is 31.6. The monoisotopic (exact) mass is 674 g/mol. The lowest BCUT2D eigenvalue weighted by molar-refractivity contribution is 0.481. The summed E-state index contributed by atoms with van der Waals surface area (Å²) in [4.78, 5) is 4.84. The summed E-state index contributed by atoms with van der Waals surface area (Å²) in [7, 11) is 0. The minimum atomic E-state index is 0.311. The largest absolute Gasteiger partial charge is 0.457 e. The molecule has 0 saturated carbocycles. The van der Waals surface area contributed by atoms with E-state index in [9.17, 15) is 0 Å². The molecule has 0 aliphatic rings. The number of hydrogen-bond acceptors (Lipinski definition) is 3. The van der Waals surface area contributed by atoms with E-state index in [0.717, 1.165) is 52.6 Å². The molecule has 0 fully saturated rings. The van der Waals surface area contributed by atoms with Crippen LogP contribution in [0.4, 0.5) is 0 Å². The van der Waals surface area contributed by atoms with Crippen LogP contribution in [0.1, 0.15) is 93.4 Å². The number of ether oxygens (including phenoxy) is 1. The fourth-order valence-corrected chi connectivity index (χ4v) is 7.41. The zero-order valence-electron chi connectivity index (χ0n) is 31.6. The molecule has 0 N–H and O–H groups in total. The van der Waals surface area contributed by atoms with Crippen LogP contribution in [-0.4, -0.2) is 19.3 Å². The zero-order chi connectivity index (χ0) is 36.0. The number of fused-ring (bicyclic) bond motifs is 3. The van der Waals surface area contributed by atoms with Gasteiger partial charge in [-0.05, 0) is 122 Å². The molecule has 0 atom stereocenters. The van der Waals surface area contributed by atoms with E-state index in [4.69, 9.17) is 14.8 Å². The van der Waals surface area contributed by atoms with Gasteiger partial charge in [0.2, 0.25) is 0 Å². The Morgan fingerprint density at radius 2 is 1.37 bits per heavy atom. The summed E-state index contributed by atoms with van der Waals surface area (Å²) < 4.78 is 11.3. The fourth-order valence-electron chi connectivity index (χ4n) is 7.41. The molecule has 0 unspecified atom stereocenters. The van der Waals surface area contributed by atoms with Gasteiger partial charge in [0.05, 0.1) is 28.1 Å². The SMILES string of the molecule is Cc1cccc(C)c1-c1c(C)nn(-c2cc(Oc3ccc4c5ccccc5n(-c5cc(C(C)C)ccn5)c4c3)cc(C(C)C)c2)c1CCC(C)C. The van der Waals surface area contributed by atoms with Gasteiger partial charge in [0, 0.05) is 34.7 Å². The van der Waals surface area contributed by atoms with Crippen molar-refractivity contribution in [2.24, 2.45) is 5.92 Å². The molecule has 0 saturated heterocycles. The second-order valence-electron chi connectivity index (χ2n) is 15.2. The summed E-state index contributed by atoms with van der Waals surface area (Å²) in [6.45, 7) is 20.1. The smallest absolute Gasteiger partial charge is 0.137 e. The summed E-state index contributed by atoms with van der Waals surface area (Å²) in [5.74, 6) is 3.79. The molecule has 5 heteroatoms. The van der Waals surface area contributed by atoms with Gasteiger partial charge in [-0.25, -0.2) is 9.67 Å². The maximum atomic E-state index is 6.81. The van der Waals surface area contributed by atoms with Gasteiger partial charge in [-0.15, -0.1) is 0 Å². The molecule has 3 heterocycles. The molecule has 5 nitrogen and oxygen atoms in total. The quantitative estimate of drug-likeness (QED) is 0.145. The highest BCUT2D eigenvalue weighted by molar-refractivity contribution is 6.09. The highest BCUT2D eigenvalue weighted by Crippen LogP contribution is 2.39. The molecule has 0 spiro atoms. The van der Waals surface area contributed by atoms with Crippen molar-refractivity contribution in [2.45, 2.75) is 87.0 Å². The molecule has 0 aliphatic carbocycles. The van der Waals surface area contributed by atoms with Crippen LogP contribution in [0.5, 0.6) is 11.5 Å². The highest BCUT2D eigenvalue weighted by Gasteiger charge is 2.22. The maximum Gasteiger partial charge on any atom is 0.137 e. The summed E-state index contributed by atoms with van der Waals surface area (Å²) >= 11 is 0. The van der Waals surface area contributed by atoms with Gasteiger partial charge in [-0.1, -0.05) is 77.9 Å². The topological polar surface area (TPSA) is 44.9 Å². The predicted octanol–water partition coefficient (Wildman–Crippen LogP) is 12.6. The first-order chi connectivity index (χ1) is 24.5. The number of aryl methyl sites for hydroxylation is 3. The Kier molecular flexibility index (Phi) is 9.32. The molecule has 260 valence electrons. The van der Waals surface area contributed by atoms with Crippen molar-refractivity contribution in [1.82, 2.24) is 19.3 Å². The van der Waals surface area contributed by atoms with Crippen molar-refractivity contribution in [3.05, 3.63) is 131 Å². The third kappa shape index (κ3) is 6.58. The van der Waals surface area contributed by atoms with Crippen molar-refractivity contribution in [3.63, 3.8) is 0 Å². The fraction of sp³-hybridized carbons (Fsp3) is 0.304. The minimum absolute atomic E-state index is 0.311. The van der Waals surface area contributed by atoms with Gasteiger partial charge >= 0.3 is 0 Å². The van der Waals surface area contributed by atoms with Gasteiger partial charge in [0.25, 0.3) is 0 Å². The van der Waals surface area contributed by atoms with Gasteiger partial charge in [0.15, 0.2) is 0 Å². The van der Waals surface area contributed by atoms with Crippen LogP contribution in [0.25, 0.3) is 44.4 Å². The lowest BCUT2D eigenvalue weighted by Gasteiger charge is -2.17. The lowest BCUT2D eigenvalue weighted by Crippen LogP contribution is -2.06.